The Morgan fingerprint density at radius 2 is 2.24 bits per heavy atom. The highest BCUT2D eigenvalue weighted by atomic mass is 16.6. The number of fused-ring (bicyclic) bond motifs is 1. The van der Waals surface area contributed by atoms with Crippen LogP contribution in [-0.2, 0) is 14.3 Å². The molecule has 2 heterocycles. The second-order valence-corrected chi connectivity index (χ2v) is 7.39. The summed E-state index contributed by atoms with van der Waals surface area (Å²) in [4.78, 5) is 11.1. The molecule has 1 saturated carbocycles. The largest absolute Gasteiger partial charge is 0.461 e. The lowest BCUT2D eigenvalue weighted by molar-refractivity contribution is -0.234. The molecule has 1 unspecified atom stereocenters. The van der Waals surface area contributed by atoms with Crippen LogP contribution in [0.5, 0.6) is 0 Å². The first-order chi connectivity index (χ1) is 9.78. The highest BCUT2D eigenvalue weighted by molar-refractivity contribution is 5.66. The molecule has 0 radical (unpaired) electrons. The van der Waals surface area contributed by atoms with E-state index in [0.29, 0.717) is 11.8 Å². The molecule has 2 aliphatic heterocycles. The average molecular weight is 294 g/mol. The van der Waals surface area contributed by atoms with Gasteiger partial charge in [0.1, 0.15) is 6.61 Å². The number of carbonyl (C=O) groups excluding carboxylic acids is 1. The van der Waals surface area contributed by atoms with Crippen molar-refractivity contribution in [3.8, 4) is 0 Å². The second-order valence-electron chi connectivity index (χ2n) is 7.39. The number of esters is 1. The zero-order valence-electron chi connectivity index (χ0n) is 13.4. The summed E-state index contributed by atoms with van der Waals surface area (Å²) in [5.41, 5.74) is 0.778. The molecule has 4 heteroatoms. The molecular weight excluding hydrogens is 268 g/mol. The molecule has 0 amide bonds. The maximum atomic E-state index is 11.1. The van der Waals surface area contributed by atoms with Gasteiger partial charge in [-0.2, -0.15) is 0 Å². The molecule has 1 saturated heterocycles. The molecule has 1 spiro atoms. The number of hydrogen-bond donors (Lipinski definition) is 1. The van der Waals surface area contributed by atoms with Gasteiger partial charge in [-0.3, -0.25) is 4.79 Å². The number of aliphatic hydroxyl groups is 1. The van der Waals surface area contributed by atoms with Crippen LogP contribution < -0.4 is 0 Å². The van der Waals surface area contributed by atoms with Crippen molar-refractivity contribution in [2.24, 2.45) is 23.7 Å². The van der Waals surface area contributed by atoms with Gasteiger partial charge in [-0.1, -0.05) is 20.8 Å². The summed E-state index contributed by atoms with van der Waals surface area (Å²) in [5, 5.41) is 11.0. The zero-order valence-corrected chi connectivity index (χ0v) is 13.4. The average Bonchev–Trinajstić information content (AvgIpc) is 2.83. The summed E-state index contributed by atoms with van der Waals surface area (Å²) in [6.07, 6.45) is 4.89. The molecule has 2 fully saturated rings. The molecule has 1 N–H and O–H groups in total. The minimum Gasteiger partial charge on any atom is -0.461 e. The lowest BCUT2D eigenvalue weighted by Gasteiger charge is -2.41. The van der Waals surface area contributed by atoms with Gasteiger partial charge in [0.2, 0.25) is 0 Å². The van der Waals surface area contributed by atoms with E-state index >= 15 is 0 Å². The van der Waals surface area contributed by atoms with Crippen molar-refractivity contribution in [3.63, 3.8) is 0 Å². The number of rotatable bonds is 3. The van der Waals surface area contributed by atoms with Gasteiger partial charge >= 0.3 is 5.97 Å². The Morgan fingerprint density at radius 1 is 1.52 bits per heavy atom. The lowest BCUT2D eigenvalue weighted by Crippen LogP contribution is -2.47. The van der Waals surface area contributed by atoms with Crippen molar-refractivity contribution in [3.05, 3.63) is 11.6 Å². The minimum atomic E-state index is -1.20. The molecule has 2 bridgehead atoms. The molecule has 21 heavy (non-hydrogen) atoms. The van der Waals surface area contributed by atoms with E-state index in [1.807, 2.05) is 6.08 Å². The summed E-state index contributed by atoms with van der Waals surface area (Å²) < 4.78 is 11.5. The summed E-state index contributed by atoms with van der Waals surface area (Å²) >= 11 is 0. The van der Waals surface area contributed by atoms with E-state index in [0.717, 1.165) is 24.8 Å². The maximum absolute atomic E-state index is 11.1. The van der Waals surface area contributed by atoms with Gasteiger partial charge in [-0.15, -0.1) is 0 Å². The van der Waals surface area contributed by atoms with E-state index in [1.165, 1.54) is 6.92 Å². The topological polar surface area (TPSA) is 55.8 Å². The van der Waals surface area contributed by atoms with Gasteiger partial charge in [0.25, 0.3) is 0 Å². The fraction of sp³-hybridized carbons (Fsp3) is 0.824. The third kappa shape index (κ3) is 2.15. The van der Waals surface area contributed by atoms with Crippen LogP contribution in [0, 0.1) is 23.7 Å². The Morgan fingerprint density at radius 3 is 2.86 bits per heavy atom. The molecule has 118 valence electrons. The molecule has 5 atom stereocenters. The van der Waals surface area contributed by atoms with Crippen LogP contribution in [0.1, 0.15) is 47.0 Å². The maximum Gasteiger partial charge on any atom is 0.302 e. The smallest absolute Gasteiger partial charge is 0.302 e. The fourth-order valence-corrected chi connectivity index (χ4v) is 4.72. The van der Waals surface area contributed by atoms with Crippen molar-refractivity contribution in [2.75, 3.05) is 6.61 Å². The fourth-order valence-electron chi connectivity index (χ4n) is 4.72. The van der Waals surface area contributed by atoms with E-state index in [9.17, 15) is 9.90 Å². The Balaban J connectivity index is 1.97. The molecule has 4 nitrogen and oxygen atoms in total. The van der Waals surface area contributed by atoms with Crippen LogP contribution in [0.3, 0.4) is 0 Å². The van der Waals surface area contributed by atoms with E-state index in [4.69, 9.17) is 9.47 Å². The predicted molar refractivity (Wildman–Crippen MR) is 78.3 cm³/mol. The Labute approximate surface area is 126 Å². The van der Waals surface area contributed by atoms with E-state index < -0.39 is 5.79 Å². The summed E-state index contributed by atoms with van der Waals surface area (Å²) in [6.45, 7) is 8.20. The van der Waals surface area contributed by atoms with Gasteiger partial charge < -0.3 is 14.6 Å². The van der Waals surface area contributed by atoms with Crippen molar-refractivity contribution < 1.29 is 19.4 Å². The number of hydrogen-bond acceptors (Lipinski definition) is 4. The molecule has 3 rings (SSSR count). The van der Waals surface area contributed by atoms with Crippen molar-refractivity contribution in [1.82, 2.24) is 0 Å². The van der Waals surface area contributed by atoms with E-state index in [2.05, 4.69) is 20.8 Å². The lowest BCUT2D eigenvalue weighted by atomic mass is 9.76. The summed E-state index contributed by atoms with van der Waals surface area (Å²) in [5.74, 6) is -0.307. The first kappa shape index (κ1) is 15.0. The zero-order chi connectivity index (χ0) is 15.4. The Kier molecular flexibility index (Phi) is 3.45. The predicted octanol–water partition coefficient (Wildman–Crippen LogP) is 2.66. The minimum absolute atomic E-state index is 0.107. The molecule has 0 aromatic carbocycles. The van der Waals surface area contributed by atoms with Gasteiger partial charge in [0, 0.05) is 18.8 Å². The number of carbonyl (C=O) groups is 1. The summed E-state index contributed by atoms with van der Waals surface area (Å²) in [6, 6.07) is 0. The summed E-state index contributed by atoms with van der Waals surface area (Å²) in [7, 11) is 0. The monoisotopic (exact) mass is 294 g/mol. The van der Waals surface area contributed by atoms with E-state index in [1.54, 1.807) is 0 Å². The van der Waals surface area contributed by atoms with E-state index in [-0.39, 0.29) is 30.0 Å². The third-order valence-corrected chi connectivity index (χ3v) is 5.82. The molecule has 0 aromatic rings. The van der Waals surface area contributed by atoms with Crippen LogP contribution in [0.15, 0.2) is 11.6 Å². The third-order valence-electron chi connectivity index (χ3n) is 5.82. The van der Waals surface area contributed by atoms with Gasteiger partial charge in [-0.05, 0) is 42.7 Å². The second kappa shape index (κ2) is 4.82. The van der Waals surface area contributed by atoms with Crippen LogP contribution in [0.25, 0.3) is 0 Å². The van der Waals surface area contributed by atoms with Gasteiger partial charge in [0.05, 0.1) is 5.60 Å². The van der Waals surface area contributed by atoms with Gasteiger partial charge in [-0.25, -0.2) is 0 Å². The van der Waals surface area contributed by atoms with Crippen LogP contribution in [0.2, 0.25) is 0 Å². The number of ether oxygens (including phenoxy) is 2. The molecule has 0 aromatic heterocycles. The first-order valence-corrected chi connectivity index (χ1v) is 8.06. The molecule has 3 aliphatic rings. The van der Waals surface area contributed by atoms with Crippen molar-refractivity contribution in [2.45, 2.75) is 58.3 Å². The SMILES string of the molecule is CC(=O)OCC1=C[C@]2(O)O[C@]3(C[C@H]2C(C)C)C1CC[C@@H]3C. The quantitative estimate of drug-likeness (QED) is 0.642. The Hall–Kier alpha value is -0.870. The van der Waals surface area contributed by atoms with Crippen LogP contribution >= 0.6 is 0 Å². The highest BCUT2D eigenvalue weighted by Gasteiger charge is 2.65. The van der Waals surface area contributed by atoms with Crippen molar-refractivity contribution >= 4 is 5.97 Å². The standard InChI is InChI=1S/C17H26O4/c1-10(2)15-8-16-11(3)5-6-14(16)13(9-20-12(4)18)7-17(15,19)21-16/h7,10-11,14-15,19H,5-6,8-9H2,1-4H3/t11-,14?,15-,16-,17-/m0/s1. The van der Waals surface area contributed by atoms with Crippen LogP contribution in [0.4, 0.5) is 0 Å². The highest BCUT2D eigenvalue weighted by Crippen LogP contribution is 2.62. The first-order valence-electron chi connectivity index (χ1n) is 8.06. The van der Waals surface area contributed by atoms with Crippen molar-refractivity contribution in [1.29, 1.82) is 0 Å². The Bertz CT molecular complexity index is 483. The normalized spacial score (nSPS) is 44.7. The molecule has 1 aliphatic carbocycles. The molecular formula is C17H26O4. The van der Waals surface area contributed by atoms with Gasteiger partial charge in [0.15, 0.2) is 5.79 Å². The van der Waals surface area contributed by atoms with Crippen LogP contribution in [-0.4, -0.2) is 29.1 Å².